The molecule has 4 nitrogen and oxygen atoms in total. The quantitative estimate of drug-likeness (QED) is 0.846. The van der Waals surface area contributed by atoms with Gasteiger partial charge in [-0.1, -0.05) is 12.1 Å². The monoisotopic (exact) mass is 288 g/mol. The number of nitrogens with two attached hydrogens (primary N) is 1. The van der Waals surface area contributed by atoms with Gasteiger partial charge in [-0.25, -0.2) is 0 Å². The van der Waals surface area contributed by atoms with Crippen molar-refractivity contribution in [2.45, 2.75) is 26.4 Å². The average Bonchev–Trinajstić information content (AvgIpc) is 2.94. The van der Waals surface area contributed by atoms with Crippen molar-refractivity contribution in [2.75, 3.05) is 19.6 Å². The van der Waals surface area contributed by atoms with E-state index in [1.54, 1.807) is 6.08 Å². The lowest BCUT2D eigenvalue weighted by Crippen LogP contribution is -2.28. The summed E-state index contributed by atoms with van der Waals surface area (Å²) in [6.45, 7) is 6.24. The van der Waals surface area contributed by atoms with E-state index >= 15 is 0 Å². The Morgan fingerprint density at radius 1 is 1.43 bits per heavy atom. The summed E-state index contributed by atoms with van der Waals surface area (Å²) in [6.07, 6.45) is 4.66. The lowest BCUT2D eigenvalue weighted by Gasteiger charge is -2.13. The van der Waals surface area contributed by atoms with Crippen LogP contribution in [0, 0.1) is 5.92 Å². The summed E-state index contributed by atoms with van der Waals surface area (Å²) in [6, 6.07) is 7.75. The molecule has 1 aliphatic heterocycles. The van der Waals surface area contributed by atoms with Crippen LogP contribution in [0.15, 0.2) is 30.3 Å². The number of nitrogens with zero attached hydrogens (tertiary/aromatic N) is 1. The molecule has 0 aliphatic carbocycles. The lowest BCUT2D eigenvalue weighted by molar-refractivity contribution is -0.125. The van der Waals surface area contributed by atoms with Crippen LogP contribution >= 0.6 is 0 Å². The molecule has 1 unspecified atom stereocenters. The Bertz CT molecular complexity index is 494. The Hall–Kier alpha value is -1.81. The number of rotatable bonds is 5. The van der Waals surface area contributed by atoms with Gasteiger partial charge < -0.3 is 15.4 Å². The van der Waals surface area contributed by atoms with Crippen LogP contribution < -0.4 is 10.5 Å². The van der Waals surface area contributed by atoms with Gasteiger partial charge in [-0.3, -0.25) is 4.79 Å². The van der Waals surface area contributed by atoms with E-state index in [9.17, 15) is 4.79 Å². The second-order valence-electron chi connectivity index (χ2n) is 5.74. The molecule has 2 rings (SSSR count). The van der Waals surface area contributed by atoms with E-state index < -0.39 is 0 Å². The molecule has 1 heterocycles. The molecule has 1 aliphatic rings. The fourth-order valence-corrected chi connectivity index (χ4v) is 2.43. The second kappa shape index (κ2) is 7.27. The first-order valence-corrected chi connectivity index (χ1v) is 7.52. The molecule has 0 radical (unpaired) electrons. The fraction of sp³-hybridized carbons (Fsp3) is 0.471. The van der Waals surface area contributed by atoms with E-state index in [0.717, 1.165) is 30.8 Å². The predicted octanol–water partition coefficient (Wildman–Crippen LogP) is 2.29. The minimum Gasteiger partial charge on any atom is -0.491 e. The van der Waals surface area contributed by atoms with Crippen molar-refractivity contribution in [3.8, 4) is 5.75 Å². The molecule has 1 amide bonds. The highest BCUT2D eigenvalue weighted by Gasteiger charge is 2.23. The van der Waals surface area contributed by atoms with E-state index in [1.807, 2.05) is 49.1 Å². The third-order valence-corrected chi connectivity index (χ3v) is 3.60. The van der Waals surface area contributed by atoms with Crippen LogP contribution in [0.25, 0.3) is 6.08 Å². The molecule has 114 valence electrons. The highest BCUT2D eigenvalue weighted by atomic mass is 16.5. The largest absolute Gasteiger partial charge is 0.491 e. The standard InChI is InChI=1S/C17H24N2O2/c1-13(2)21-16-6-3-14(4-7-16)5-8-17(20)19-10-9-15(11-18)12-19/h3-8,13,15H,9-12,18H2,1-2H3/b8-5+. The summed E-state index contributed by atoms with van der Waals surface area (Å²) in [5.41, 5.74) is 6.64. The first-order valence-electron chi connectivity index (χ1n) is 7.52. The van der Waals surface area contributed by atoms with Gasteiger partial charge in [0.25, 0.3) is 0 Å². The summed E-state index contributed by atoms with van der Waals surface area (Å²) < 4.78 is 5.59. The zero-order valence-electron chi connectivity index (χ0n) is 12.8. The summed E-state index contributed by atoms with van der Waals surface area (Å²) in [7, 11) is 0. The Morgan fingerprint density at radius 2 is 2.14 bits per heavy atom. The number of ether oxygens (including phenoxy) is 1. The Labute approximate surface area is 126 Å². The Morgan fingerprint density at radius 3 is 2.71 bits per heavy atom. The van der Waals surface area contributed by atoms with E-state index in [1.165, 1.54) is 0 Å². The minimum atomic E-state index is 0.0634. The molecular formula is C17H24N2O2. The molecular weight excluding hydrogens is 264 g/mol. The van der Waals surface area contributed by atoms with Crippen LogP contribution in [0.1, 0.15) is 25.8 Å². The summed E-state index contributed by atoms with van der Waals surface area (Å²) >= 11 is 0. The topological polar surface area (TPSA) is 55.6 Å². The minimum absolute atomic E-state index is 0.0634. The average molecular weight is 288 g/mol. The summed E-state index contributed by atoms with van der Waals surface area (Å²) in [5, 5.41) is 0. The fourth-order valence-electron chi connectivity index (χ4n) is 2.43. The molecule has 0 bridgehead atoms. The Balaban J connectivity index is 1.90. The molecule has 21 heavy (non-hydrogen) atoms. The van der Waals surface area contributed by atoms with Crippen LogP contribution in [-0.4, -0.2) is 36.5 Å². The van der Waals surface area contributed by atoms with Gasteiger partial charge in [-0.15, -0.1) is 0 Å². The SMILES string of the molecule is CC(C)Oc1ccc(/C=C/C(=O)N2CCC(CN)C2)cc1. The first-order chi connectivity index (χ1) is 10.1. The highest BCUT2D eigenvalue weighted by Crippen LogP contribution is 2.17. The number of hydrogen-bond acceptors (Lipinski definition) is 3. The first kappa shape index (κ1) is 15.6. The van der Waals surface area contributed by atoms with Crippen molar-refractivity contribution in [1.82, 2.24) is 4.90 Å². The van der Waals surface area contributed by atoms with E-state index in [0.29, 0.717) is 12.5 Å². The van der Waals surface area contributed by atoms with E-state index in [4.69, 9.17) is 10.5 Å². The van der Waals surface area contributed by atoms with Gasteiger partial charge >= 0.3 is 0 Å². The Kier molecular flexibility index (Phi) is 5.39. The molecule has 1 aromatic rings. The van der Waals surface area contributed by atoms with Crippen molar-refractivity contribution >= 4 is 12.0 Å². The van der Waals surface area contributed by atoms with Crippen LogP contribution in [0.3, 0.4) is 0 Å². The maximum atomic E-state index is 12.1. The van der Waals surface area contributed by atoms with Gasteiger partial charge in [0.05, 0.1) is 6.10 Å². The second-order valence-corrected chi connectivity index (χ2v) is 5.74. The van der Waals surface area contributed by atoms with Crippen molar-refractivity contribution < 1.29 is 9.53 Å². The number of carbonyl (C=O) groups excluding carboxylic acids is 1. The number of hydrogen-bond donors (Lipinski definition) is 1. The van der Waals surface area contributed by atoms with Crippen LogP contribution in [0.5, 0.6) is 5.75 Å². The van der Waals surface area contributed by atoms with Gasteiger partial charge in [0.2, 0.25) is 5.91 Å². The van der Waals surface area contributed by atoms with Crippen molar-refractivity contribution in [1.29, 1.82) is 0 Å². The smallest absolute Gasteiger partial charge is 0.246 e. The summed E-state index contributed by atoms with van der Waals surface area (Å²) in [4.78, 5) is 13.9. The van der Waals surface area contributed by atoms with Gasteiger partial charge in [-0.05, 0) is 56.5 Å². The summed E-state index contributed by atoms with van der Waals surface area (Å²) in [5.74, 6) is 1.36. The maximum Gasteiger partial charge on any atom is 0.246 e. The number of carbonyl (C=O) groups is 1. The number of amides is 1. The van der Waals surface area contributed by atoms with Crippen LogP contribution in [-0.2, 0) is 4.79 Å². The van der Waals surface area contributed by atoms with Gasteiger partial charge in [0.15, 0.2) is 0 Å². The molecule has 0 spiro atoms. The molecule has 0 saturated carbocycles. The third kappa shape index (κ3) is 4.60. The zero-order valence-corrected chi connectivity index (χ0v) is 12.8. The van der Waals surface area contributed by atoms with Crippen molar-refractivity contribution in [3.63, 3.8) is 0 Å². The maximum absolute atomic E-state index is 12.1. The zero-order chi connectivity index (χ0) is 15.2. The highest BCUT2D eigenvalue weighted by molar-refractivity contribution is 5.91. The van der Waals surface area contributed by atoms with Crippen LogP contribution in [0.4, 0.5) is 0 Å². The number of benzene rings is 1. The normalized spacial score (nSPS) is 18.7. The van der Waals surface area contributed by atoms with E-state index in [-0.39, 0.29) is 12.0 Å². The van der Waals surface area contributed by atoms with Gasteiger partial charge in [-0.2, -0.15) is 0 Å². The van der Waals surface area contributed by atoms with Crippen molar-refractivity contribution in [3.05, 3.63) is 35.9 Å². The van der Waals surface area contributed by atoms with Gasteiger partial charge in [0, 0.05) is 19.2 Å². The lowest BCUT2D eigenvalue weighted by atomic mass is 10.1. The van der Waals surface area contributed by atoms with Gasteiger partial charge in [0.1, 0.15) is 5.75 Å². The molecule has 0 aromatic heterocycles. The molecule has 1 aromatic carbocycles. The van der Waals surface area contributed by atoms with E-state index in [2.05, 4.69) is 0 Å². The molecule has 2 N–H and O–H groups in total. The third-order valence-electron chi connectivity index (χ3n) is 3.60. The molecule has 1 atom stereocenters. The molecule has 1 saturated heterocycles. The molecule has 1 fully saturated rings. The van der Waals surface area contributed by atoms with Crippen molar-refractivity contribution in [2.24, 2.45) is 11.7 Å². The van der Waals surface area contributed by atoms with Crippen LogP contribution in [0.2, 0.25) is 0 Å². The number of likely N-dealkylation sites (tertiary alicyclic amines) is 1. The molecule has 4 heteroatoms. The predicted molar refractivity (Wildman–Crippen MR) is 85.0 cm³/mol.